The number of rotatable bonds is 3. The standard InChI is InChI=1S/C21H23N3O/c1-2-18-14-24(10-1)11-8-20(18)25-21-6-4-17(13-23-21)15-3-5-19-16(12-15)7-9-22-19/h3-7,9,12-13,18,20,22H,1-2,8,10-11,14H2/t18-,20?/m1/s1. The number of hydrogen-bond donors (Lipinski definition) is 1. The number of fused-ring (bicyclic) bond motifs is 3. The highest BCUT2D eigenvalue weighted by atomic mass is 16.5. The van der Waals surface area contributed by atoms with Gasteiger partial charge in [-0.15, -0.1) is 0 Å². The molecule has 0 spiro atoms. The maximum atomic E-state index is 6.25. The van der Waals surface area contributed by atoms with Crippen molar-refractivity contribution in [2.75, 3.05) is 19.6 Å². The first kappa shape index (κ1) is 15.0. The Morgan fingerprint density at radius 1 is 1.04 bits per heavy atom. The predicted molar refractivity (Wildman–Crippen MR) is 99.7 cm³/mol. The fourth-order valence-electron chi connectivity index (χ4n) is 4.31. The minimum atomic E-state index is 0.325. The number of nitrogens with zero attached hydrogens (tertiary/aromatic N) is 2. The molecule has 1 aromatic carbocycles. The molecule has 0 amide bonds. The molecule has 2 unspecified atom stereocenters. The summed E-state index contributed by atoms with van der Waals surface area (Å²) in [7, 11) is 0. The Labute approximate surface area is 147 Å². The van der Waals surface area contributed by atoms with Crippen LogP contribution in [0.1, 0.15) is 19.3 Å². The van der Waals surface area contributed by atoms with Crippen molar-refractivity contribution in [2.24, 2.45) is 5.92 Å². The van der Waals surface area contributed by atoms with E-state index in [1.807, 2.05) is 18.5 Å². The molecule has 25 heavy (non-hydrogen) atoms. The first-order valence-electron chi connectivity index (χ1n) is 9.28. The lowest BCUT2D eigenvalue weighted by atomic mass is 9.87. The molecule has 2 fully saturated rings. The lowest BCUT2D eigenvalue weighted by molar-refractivity contribution is 0.0128. The number of aromatic nitrogens is 2. The van der Waals surface area contributed by atoms with Crippen molar-refractivity contribution in [2.45, 2.75) is 25.4 Å². The number of piperidine rings is 2. The summed E-state index contributed by atoms with van der Waals surface area (Å²) in [6.07, 6.45) is 7.94. The van der Waals surface area contributed by atoms with Crippen molar-refractivity contribution in [3.05, 3.63) is 48.8 Å². The van der Waals surface area contributed by atoms with Gasteiger partial charge in [-0.2, -0.15) is 0 Å². The second kappa shape index (κ2) is 6.19. The number of ether oxygens (including phenoxy) is 1. The van der Waals surface area contributed by atoms with Crippen LogP contribution in [-0.4, -0.2) is 40.6 Å². The van der Waals surface area contributed by atoms with Crippen LogP contribution in [0, 0.1) is 5.92 Å². The molecule has 4 heterocycles. The van der Waals surface area contributed by atoms with E-state index in [2.05, 4.69) is 45.2 Å². The van der Waals surface area contributed by atoms with Gasteiger partial charge in [-0.25, -0.2) is 4.98 Å². The second-order valence-electron chi connectivity index (χ2n) is 7.31. The Balaban J connectivity index is 1.32. The summed E-state index contributed by atoms with van der Waals surface area (Å²) in [5, 5.41) is 1.22. The van der Waals surface area contributed by atoms with Gasteiger partial charge in [0.2, 0.25) is 5.88 Å². The minimum Gasteiger partial charge on any atom is -0.474 e. The molecule has 0 radical (unpaired) electrons. The summed E-state index contributed by atoms with van der Waals surface area (Å²) >= 11 is 0. The molecule has 1 N–H and O–H groups in total. The average molecular weight is 333 g/mol. The maximum absolute atomic E-state index is 6.25. The van der Waals surface area contributed by atoms with Crippen molar-refractivity contribution < 1.29 is 4.74 Å². The van der Waals surface area contributed by atoms with Gasteiger partial charge < -0.3 is 14.6 Å². The Bertz CT molecular complexity index is 870. The minimum absolute atomic E-state index is 0.325. The molecule has 2 saturated heterocycles. The van der Waals surface area contributed by atoms with Gasteiger partial charge in [0.25, 0.3) is 0 Å². The highest BCUT2D eigenvalue weighted by molar-refractivity contribution is 5.84. The predicted octanol–water partition coefficient (Wildman–Crippen LogP) is 4.09. The van der Waals surface area contributed by atoms with Gasteiger partial charge >= 0.3 is 0 Å². The monoisotopic (exact) mass is 333 g/mol. The summed E-state index contributed by atoms with van der Waals surface area (Å²) in [6.45, 7) is 3.62. The van der Waals surface area contributed by atoms with Crippen molar-refractivity contribution in [3.63, 3.8) is 0 Å². The summed E-state index contributed by atoms with van der Waals surface area (Å²) in [4.78, 5) is 10.4. The SMILES string of the molecule is c1cc2cc(-c3ccc(OC4CCN5CCC[C@@H]4C5)nc3)ccc2[nH]1. The van der Waals surface area contributed by atoms with E-state index in [1.165, 1.54) is 36.9 Å². The van der Waals surface area contributed by atoms with Gasteiger partial charge in [0.05, 0.1) is 0 Å². The molecule has 3 aromatic rings. The third-order valence-electron chi connectivity index (χ3n) is 5.69. The molecule has 5 rings (SSSR count). The smallest absolute Gasteiger partial charge is 0.213 e. The highest BCUT2D eigenvalue weighted by Crippen LogP contribution is 2.30. The Morgan fingerprint density at radius 3 is 2.92 bits per heavy atom. The quantitative estimate of drug-likeness (QED) is 0.785. The second-order valence-corrected chi connectivity index (χ2v) is 7.31. The third kappa shape index (κ3) is 2.91. The molecule has 0 aliphatic carbocycles. The van der Waals surface area contributed by atoms with Gasteiger partial charge in [-0.1, -0.05) is 6.07 Å². The number of H-pyrrole nitrogens is 1. The van der Waals surface area contributed by atoms with Crippen molar-refractivity contribution in [3.8, 4) is 17.0 Å². The lowest BCUT2D eigenvalue weighted by Gasteiger charge is -2.42. The Kier molecular flexibility index (Phi) is 3.71. The molecule has 2 aliphatic rings. The van der Waals surface area contributed by atoms with Crippen LogP contribution in [0.15, 0.2) is 48.8 Å². The fraction of sp³-hybridized carbons (Fsp3) is 0.381. The molecular weight excluding hydrogens is 310 g/mol. The van der Waals surface area contributed by atoms with Crippen LogP contribution < -0.4 is 4.74 Å². The van der Waals surface area contributed by atoms with Gasteiger partial charge in [0, 0.05) is 48.5 Å². The lowest BCUT2D eigenvalue weighted by Crippen LogP contribution is -2.49. The number of benzene rings is 1. The van der Waals surface area contributed by atoms with E-state index in [0.717, 1.165) is 29.9 Å². The average Bonchev–Trinajstić information content (AvgIpc) is 3.13. The van der Waals surface area contributed by atoms with E-state index in [4.69, 9.17) is 4.74 Å². The molecule has 4 heteroatoms. The molecule has 4 nitrogen and oxygen atoms in total. The largest absolute Gasteiger partial charge is 0.474 e. The highest BCUT2D eigenvalue weighted by Gasteiger charge is 2.33. The summed E-state index contributed by atoms with van der Waals surface area (Å²) in [6, 6.07) is 12.7. The van der Waals surface area contributed by atoms with Crippen LogP contribution in [0.2, 0.25) is 0 Å². The van der Waals surface area contributed by atoms with Crippen LogP contribution in [0.3, 0.4) is 0 Å². The Morgan fingerprint density at radius 2 is 2.00 bits per heavy atom. The topological polar surface area (TPSA) is 41.1 Å². The van der Waals surface area contributed by atoms with E-state index >= 15 is 0 Å². The Hall–Kier alpha value is -2.33. The molecule has 2 bridgehead atoms. The first-order valence-corrected chi connectivity index (χ1v) is 9.28. The van der Waals surface area contributed by atoms with Gasteiger partial charge in [-0.3, -0.25) is 0 Å². The van der Waals surface area contributed by atoms with Crippen LogP contribution in [-0.2, 0) is 0 Å². The van der Waals surface area contributed by atoms with Crippen molar-refractivity contribution in [1.29, 1.82) is 0 Å². The summed E-state index contributed by atoms with van der Waals surface area (Å²) in [5.74, 6) is 1.43. The molecular formula is C21H23N3O. The summed E-state index contributed by atoms with van der Waals surface area (Å²) in [5.41, 5.74) is 3.48. The number of hydrogen-bond acceptors (Lipinski definition) is 3. The van der Waals surface area contributed by atoms with E-state index in [9.17, 15) is 0 Å². The van der Waals surface area contributed by atoms with Crippen molar-refractivity contribution in [1.82, 2.24) is 14.9 Å². The number of aromatic amines is 1. The van der Waals surface area contributed by atoms with Crippen LogP contribution in [0.4, 0.5) is 0 Å². The summed E-state index contributed by atoms with van der Waals surface area (Å²) < 4.78 is 6.25. The zero-order valence-corrected chi connectivity index (χ0v) is 14.3. The molecule has 2 aromatic heterocycles. The first-order chi connectivity index (χ1) is 12.3. The van der Waals surface area contributed by atoms with E-state index < -0.39 is 0 Å². The maximum Gasteiger partial charge on any atom is 0.213 e. The van der Waals surface area contributed by atoms with E-state index in [1.54, 1.807) is 0 Å². The zero-order chi connectivity index (χ0) is 16.6. The normalized spacial score (nSPS) is 25.8. The molecule has 2 aliphatic heterocycles. The fourth-order valence-corrected chi connectivity index (χ4v) is 4.31. The number of nitrogens with one attached hydrogen (secondary N) is 1. The van der Waals surface area contributed by atoms with Crippen LogP contribution >= 0.6 is 0 Å². The molecule has 0 saturated carbocycles. The molecule has 3 atom stereocenters. The van der Waals surface area contributed by atoms with Gasteiger partial charge in [0.1, 0.15) is 6.10 Å². The van der Waals surface area contributed by atoms with E-state index in [-0.39, 0.29) is 0 Å². The van der Waals surface area contributed by atoms with Crippen LogP contribution in [0.5, 0.6) is 5.88 Å². The van der Waals surface area contributed by atoms with Gasteiger partial charge in [0.15, 0.2) is 0 Å². The third-order valence-corrected chi connectivity index (χ3v) is 5.69. The van der Waals surface area contributed by atoms with Gasteiger partial charge in [-0.05, 0) is 61.0 Å². The van der Waals surface area contributed by atoms with Crippen LogP contribution in [0.25, 0.3) is 22.0 Å². The van der Waals surface area contributed by atoms with E-state index in [0.29, 0.717) is 12.0 Å². The zero-order valence-electron chi connectivity index (χ0n) is 14.3. The molecule has 128 valence electrons. The number of pyridine rings is 1. The van der Waals surface area contributed by atoms with Crippen molar-refractivity contribution >= 4 is 10.9 Å².